The highest BCUT2D eigenvalue weighted by Crippen LogP contribution is 2.26. The first-order valence-electron chi connectivity index (χ1n) is 5.02. The highest BCUT2D eigenvalue weighted by Gasteiger charge is 2.19. The van der Waals surface area contributed by atoms with Gasteiger partial charge in [-0.15, -0.1) is 0 Å². The molecule has 9 nitrogen and oxygen atoms in total. The second kappa shape index (κ2) is 3.92. The molecule has 0 radical (unpaired) electrons. The highest BCUT2D eigenvalue weighted by atomic mass is 35.5. The number of aromatic amines is 2. The van der Waals surface area contributed by atoms with Crippen LogP contribution >= 0.6 is 11.6 Å². The van der Waals surface area contributed by atoms with Crippen molar-refractivity contribution in [3.63, 3.8) is 0 Å². The zero-order valence-electron chi connectivity index (χ0n) is 9.12. The van der Waals surface area contributed by atoms with Crippen LogP contribution in [0.2, 0.25) is 5.02 Å². The van der Waals surface area contributed by atoms with Gasteiger partial charge in [0.05, 0.1) is 4.92 Å². The standard InChI is InChI=1S/C9H5ClN6O3/c10-6-8-11-1-4(3-15(8)14-9(6)17)7-5(16(18)19)2-12-13-7/h1-3H,(H,12,13)(H,14,17). The van der Waals surface area contributed by atoms with E-state index in [-0.39, 0.29) is 22.1 Å². The first-order valence-corrected chi connectivity index (χ1v) is 5.39. The average Bonchev–Trinajstić information content (AvgIpc) is 2.95. The predicted molar refractivity (Wildman–Crippen MR) is 65.1 cm³/mol. The van der Waals surface area contributed by atoms with Crippen molar-refractivity contribution < 1.29 is 4.92 Å². The van der Waals surface area contributed by atoms with Gasteiger partial charge in [-0.25, -0.2) is 9.50 Å². The summed E-state index contributed by atoms with van der Waals surface area (Å²) >= 11 is 5.75. The molecule has 0 saturated carbocycles. The second-order valence-electron chi connectivity index (χ2n) is 3.68. The number of nitrogens with zero attached hydrogens (tertiary/aromatic N) is 4. The Balaban J connectivity index is 2.23. The van der Waals surface area contributed by atoms with E-state index in [0.29, 0.717) is 5.56 Å². The summed E-state index contributed by atoms with van der Waals surface area (Å²) < 4.78 is 1.30. The van der Waals surface area contributed by atoms with E-state index in [1.54, 1.807) is 0 Å². The number of H-pyrrole nitrogens is 2. The molecule has 0 atom stereocenters. The third kappa shape index (κ3) is 1.67. The Morgan fingerprint density at radius 2 is 2.21 bits per heavy atom. The van der Waals surface area contributed by atoms with Gasteiger partial charge < -0.3 is 0 Å². The molecule has 3 heterocycles. The Bertz CT molecular complexity index is 847. The first kappa shape index (κ1) is 11.4. The van der Waals surface area contributed by atoms with E-state index < -0.39 is 10.5 Å². The largest absolute Gasteiger partial charge is 0.314 e. The van der Waals surface area contributed by atoms with Crippen LogP contribution in [-0.4, -0.2) is 29.7 Å². The number of nitrogens with one attached hydrogen (secondary N) is 2. The van der Waals surface area contributed by atoms with Crippen LogP contribution in [0.3, 0.4) is 0 Å². The lowest BCUT2D eigenvalue weighted by molar-refractivity contribution is -0.384. The van der Waals surface area contributed by atoms with Gasteiger partial charge in [0.1, 0.15) is 11.9 Å². The van der Waals surface area contributed by atoms with Gasteiger partial charge >= 0.3 is 5.69 Å². The fourth-order valence-electron chi connectivity index (χ4n) is 1.69. The van der Waals surface area contributed by atoms with Gasteiger partial charge in [-0.2, -0.15) is 5.10 Å². The lowest BCUT2D eigenvalue weighted by Gasteiger charge is -1.99. The number of halogens is 1. The molecule has 0 amide bonds. The molecule has 0 saturated heterocycles. The number of hydrogen-bond donors (Lipinski definition) is 2. The molecular weight excluding hydrogens is 276 g/mol. The van der Waals surface area contributed by atoms with Gasteiger partial charge in [0.2, 0.25) is 0 Å². The summed E-state index contributed by atoms with van der Waals surface area (Å²) in [5.41, 5.74) is 0.189. The summed E-state index contributed by atoms with van der Waals surface area (Å²) in [5.74, 6) is 0. The summed E-state index contributed by atoms with van der Waals surface area (Å²) in [6, 6.07) is 0. The molecular formula is C9H5ClN6O3. The number of aromatic nitrogens is 5. The minimum absolute atomic E-state index is 0.0364. The van der Waals surface area contributed by atoms with Crippen molar-refractivity contribution >= 4 is 22.9 Å². The maximum absolute atomic E-state index is 11.3. The molecule has 3 aromatic rings. The van der Waals surface area contributed by atoms with E-state index in [1.807, 2.05) is 0 Å². The molecule has 2 N–H and O–H groups in total. The summed E-state index contributed by atoms with van der Waals surface area (Å²) in [5, 5.41) is 19.4. The molecule has 0 spiro atoms. The van der Waals surface area contributed by atoms with E-state index in [0.717, 1.165) is 6.20 Å². The quantitative estimate of drug-likeness (QED) is 0.535. The minimum Gasteiger partial charge on any atom is -0.271 e. The minimum atomic E-state index is -0.561. The molecule has 3 aromatic heterocycles. The van der Waals surface area contributed by atoms with Crippen LogP contribution in [0.25, 0.3) is 16.9 Å². The normalized spacial score (nSPS) is 11.0. The highest BCUT2D eigenvalue weighted by molar-refractivity contribution is 6.33. The van der Waals surface area contributed by atoms with Crippen molar-refractivity contribution in [2.24, 2.45) is 0 Å². The van der Waals surface area contributed by atoms with Gasteiger partial charge in [-0.3, -0.25) is 25.1 Å². The number of fused-ring (bicyclic) bond motifs is 1. The lowest BCUT2D eigenvalue weighted by Crippen LogP contribution is -2.00. The molecule has 19 heavy (non-hydrogen) atoms. The zero-order chi connectivity index (χ0) is 13.6. The molecule has 3 rings (SSSR count). The SMILES string of the molecule is O=c1[nH]n2cc(-c3[nH]ncc3[N+](=O)[O-])cnc2c1Cl. The Kier molecular flexibility index (Phi) is 2.35. The van der Waals surface area contributed by atoms with E-state index in [2.05, 4.69) is 20.3 Å². The summed E-state index contributed by atoms with van der Waals surface area (Å²) in [6.07, 6.45) is 3.94. The fourth-order valence-corrected chi connectivity index (χ4v) is 1.88. The smallest absolute Gasteiger partial charge is 0.271 e. The molecule has 10 heteroatoms. The Labute approximate surface area is 109 Å². The molecule has 0 bridgehead atoms. The zero-order valence-corrected chi connectivity index (χ0v) is 9.88. The van der Waals surface area contributed by atoms with E-state index in [9.17, 15) is 14.9 Å². The summed E-state index contributed by atoms with van der Waals surface area (Å²) in [6.45, 7) is 0. The van der Waals surface area contributed by atoms with Gasteiger partial charge in [-0.1, -0.05) is 11.6 Å². The van der Waals surface area contributed by atoms with E-state index in [4.69, 9.17) is 11.6 Å². The second-order valence-corrected chi connectivity index (χ2v) is 4.06. The molecule has 0 aliphatic heterocycles. The Morgan fingerprint density at radius 1 is 1.42 bits per heavy atom. The van der Waals surface area contributed by atoms with Crippen LogP contribution in [0.4, 0.5) is 5.69 Å². The maximum atomic E-state index is 11.3. The van der Waals surface area contributed by atoms with Crippen molar-refractivity contribution in [3.8, 4) is 11.3 Å². The van der Waals surface area contributed by atoms with E-state index >= 15 is 0 Å². The van der Waals surface area contributed by atoms with Crippen molar-refractivity contribution in [3.05, 3.63) is 44.1 Å². The number of rotatable bonds is 2. The molecule has 96 valence electrons. The third-order valence-corrected chi connectivity index (χ3v) is 2.89. The third-order valence-electron chi connectivity index (χ3n) is 2.54. The van der Waals surface area contributed by atoms with E-state index in [1.165, 1.54) is 16.9 Å². The molecule has 0 unspecified atom stereocenters. The molecule has 0 aliphatic carbocycles. The molecule has 0 aliphatic rings. The monoisotopic (exact) mass is 280 g/mol. The predicted octanol–water partition coefficient (Wildman–Crippen LogP) is 0.974. The van der Waals surface area contributed by atoms with Gasteiger partial charge in [0.15, 0.2) is 10.7 Å². The van der Waals surface area contributed by atoms with Crippen LogP contribution in [0, 0.1) is 10.1 Å². The lowest BCUT2D eigenvalue weighted by atomic mass is 10.2. The number of nitro groups is 1. The number of hydrogen-bond acceptors (Lipinski definition) is 5. The fraction of sp³-hybridized carbons (Fsp3) is 0. The first-order chi connectivity index (χ1) is 9.08. The van der Waals surface area contributed by atoms with Crippen molar-refractivity contribution in [1.82, 2.24) is 24.8 Å². The Morgan fingerprint density at radius 3 is 2.95 bits per heavy atom. The van der Waals surface area contributed by atoms with Crippen LogP contribution in [0.15, 0.2) is 23.4 Å². The van der Waals surface area contributed by atoms with Gasteiger partial charge in [-0.05, 0) is 0 Å². The topological polar surface area (TPSA) is 122 Å². The Hall–Kier alpha value is -2.68. The van der Waals surface area contributed by atoms with Crippen molar-refractivity contribution in [1.29, 1.82) is 0 Å². The van der Waals surface area contributed by atoms with Crippen molar-refractivity contribution in [2.45, 2.75) is 0 Å². The van der Waals surface area contributed by atoms with Crippen LogP contribution in [0.5, 0.6) is 0 Å². The van der Waals surface area contributed by atoms with Crippen LogP contribution in [0.1, 0.15) is 0 Å². The van der Waals surface area contributed by atoms with Crippen LogP contribution in [-0.2, 0) is 0 Å². The summed E-state index contributed by atoms with van der Waals surface area (Å²) in [4.78, 5) is 25.6. The van der Waals surface area contributed by atoms with Crippen molar-refractivity contribution in [2.75, 3.05) is 0 Å². The van der Waals surface area contributed by atoms with Gasteiger partial charge in [0.25, 0.3) is 5.56 Å². The average molecular weight is 281 g/mol. The maximum Gasteiger partial charge on any atom is 0.314 e. The van der Waals surface area contributed by atoms with Crippen LogP contribution < -0.4 is 5.56 Å². The molecule has 0 aromatic carbocycles. The molecule has 0 fully saturated rings. The summed E-state index contributed by atoms with van der Waals surface area (Å²) in [7, 11) is 0. The van der Waals surface area contributed by atoms with Gasteiger partial charge in [0, 0.05) is 18.0 Å².